The summed E-state index contributed by atoms with van der Waals surface area (Å²) >= 11 is 0. The summed E-state index contributed by atoms with van der Waals surface area (Å²) in [5.74, 6) is -0.573. The minimum Gasteiger partial charge on any atom is -0.481 e. The Morgan fingerprint density at radius 3 is 2.44 bits per heavy atom. The third kappa shape index (κ3) is 0.969. The molecule has 2 nitrogen and oxygen atoms in total. The summed E-state index contributed by atoms with van der Waals surface area (Å²) in [5.41, 5.74) is 0. The zero-order chi connectivity index (χ0) is 6.85. The molecule has 0 bridgehead atoms. The van der Waals surface area contributed by atoms with Gasteiger partial charge in [0.05, 0.1) is 5.92 Å². The number of hydrogen-bond donors (Lipinski definition) is 1. The van der Waals surface area contributed by atoms with E-state index in [2.05, 4.69) is 6.58 Å². The Labute approximate surface area is 54.2 Å². The summed E-state index contributed by atoms with van der Waals surface area (Å²) in [5, 5.41) is 8.49. The van der Waals surface area contributed by atoms with E-state index in [-0.39, 0.29) is 11.8 Å². The van der Waals surface area contributed by atoms with Crippen LogP contribution in [0.4, 0.5) is 0 Å². The molecule has 0 heterocycles. The Morgan fingerprint density at radius 1 is 1.67 bits per heavy atom. The molecule has 0 aromatic rings. The van der Waals surface area contributed by atoms with Crippen molar-refractivity contribution in [3.8, 4) is 0 Å². The van der Waals surface area contributed by atoms with Crippen molar-refractivity contribution in [2.24, 2.45) is 11.8 Å². The molecular weight excluding hydrogens is 116 g/mol. The first-order valence-corrected chi connectivity index (χ1v) is 3.11. The molecule has 1 fully saturated rings. The molecule has 1 aliphatic carbocycles. The number of hydrogen-bond acceptors (Lipinski definition) is 1. The van der Waals surface area contributed by atoms with Gasteiger partial charge in [0.1, 0.15) is 0 Å². The van der Waals surface area contributed by atoms with E-state index in [1.807, 2.05) is 0 Å². The highest BCUT2D eigenvalue weighted by atomic mass is 16.4. The smallest absolute Gasteiger partial charge is 0.307 e. The van der Waals surface area contributed by atoms with Crippen LogP contribution in [0, 0.1) is 11.8 Å². The van der Waals surface area contributed by atoms with E-state index in [0.717, 1.165) is 12.8 Å². The van der Waals surface area contributed by atoms with E-state index in [1.165, 1.54) is 0 Å². The van der Waals surface area contributed by atoms with Crippen LogP contribution in [-0.4, -0.2) is 11.1 Å². The molecule has 0 aliphatic heterocycles. The van der Waals surface area contributed by atoms with Crippen molar-refractivity contribution >= 4 is 5.97 Å². The van der Waals surface area contributed by atoms with Gasteiger partial charge >= 0.3 is 5.97 Å². The molecule has 2 unspecified atom stereocenters. The van der Waals surface area contributed by atoms with Crippen LogP contribution in [0.25, 0.3) is 0 Å². The largest absolute Gasteiger partial charge is 0.481 e. The minimum atomic E-state index is -0.675. The van der Waals surface area contributed by atoms with Gasteiger partial charge in [-0.3, -0.25) is 4.79 Å². The standard InChI is InChI=1S/C7H10O2/c1-2-5-3-4-6(5)7(8)9/h2,5-6H,1,3-4H2,(H,8,9). The van der Waals surface area contributed by atoms with Crippen LogP contribution in [0.5, 0.6) is 0 Å². The zero-order valence-corrected chi connectivity index (χ0v) is 5.21. The van der Waals surface area contributed by atoms with Gasteiger partial charge < -0.3 is 5.11 Å². The molecule has 0 spiro atoms. The third-order valence-electron chi connectivity index (χ3n) is 1.95. The van der Waals surface area contributed by atoms with Crippen LogP contribution in [0.3, 0.4) is 0 Å². The molecule has 0 aromatic carbocycles. The van der Waals surface area contributed by atoms with Crippen LogP contribution in [-0.2, 0) is 4.79 Å². The average molecular weight is 126 g/mol. The number of aliphatic carboxylic acids is 1. The SMILES string of the molecule is C=CC1CCC1C(=O)O. The van der Waals surface area contributed by atoms with Crippen molar-refractivity contribution < 1.29 is 9.90 Å². The number of carbonyl (C=O) groups is 1. The summed E-state index contributed by atoms with van der Waals surface area (Å²) in [6, 6.07) is 0. The van der Waals surface area contributed by atoms with E-state index < -0.39 is 5.97 Å². The minimum absolute atomic E-state index is 0.137. The molecular formula is C7H10O2. The summed E-state index contributed by atoms with van der Waals surface area (Å²) in [7, 11) is 0. The molecule has 0 aromatic heterocycles. The molecule has 2 heteroatoms. The van der Waals surface area contributed by atoms with Gasteiger partial charge in [-0.2, -0.15) is 0 Å². The van der Waals surface area contributed by atoms with Crippen molar-refractivity contribution in [1.82, 2.24) is 0 Å². The Hall–Kier alpha value is -0.790. The lowest BCUT2D eigenvalue weighted by molar-refractivity contribution is -0.146. The van der Waals surface area contributed by atoms with E-state index >= 15 is 0 Å². The van der Waals surface area contributed by atoms with E-state index in [4.69, 9.17) is 5.11 Å². The molecule has 0 saturated heterocycles. The summed E-state index contributed by atoms with van der Waals surface area (Å²) in [6.07, 6.45) is 3.56. The monoisotopic (exact) mass is 126 g/mol. The highest BCUT2D eigenvalue weighted by Crippen LogP contribution is 2.34. The fourth-order valence-corrected chi connectivity index (χ4v) is 1.11. The van der Waals surface area contributed by atoms with Crippen molar-refractivity contribution in [1.29, 1.82) is 0 Å². The molecule has 1 N–H and O–H groups in total. The topological polar surface area (TPSA) is 37.3 Å². The van der Waals surface area contributed by atoms with Gasteiger partial charge in [-0.1, -0.05) is 6.08 Å². The van der Waals surface area contributed by atoms with Crippen LogP contribution in [0.15, 0.2) is 12.7 Å². The second-order valence-electron chi connectivity index (χ2n) is 2.42. The Bertz CT molecular complexity index is 140. The van der Waals surface area contributed by atoms with Gasteiger partial charge in [0.25, 0.3) is 0 Å². The quantitative estimate of drug-likeness (QED) is 0.566. The lowest BCUT2D eigenvalue weighted by Crippen LogP contribution is -2.31. The van der Waals surface area contributed by atoms with E-state index in [9.17, 15) is 4.79 Å². The van der Waals surface area contributed by atoms with Crippen molar-refractivity contribution in [2.45, 2.75) is 12.8 Å². The van der Waals surface area contributed by atoms with Crippen molar-refractivity contribution in [3.05, 3.63) is 12.7 Å². The molecule has 0 amide bonds. The van der Waals surface area contributed by atoms with Gasteiger partial charge in [-0.05, 0) is 18.8 Å². The van der Waals surface area contributed by atoms with Gasteiger partial charge in [0.2, 0.25) is 0 Å². The fraction of sp³-hybridized carbons (Fsp3) is 0.571. The molecule has 2 atom stereocenters. The van der Waals surface area contributed by atoms with Gasteiger partial charge in [-0.15, -0.1) is 6.58 Å². The molecule has 1 rings (SSSR count). The number of rotatable bonds is 2. The highest BCUT2D eigenvalue weighted by molar-refractivity contribution is 5.71. The van der Waals surface area contributed by atoms with E-state index in [1.54, 1.807) is 6.08 Å². The Kier molecular flexibility index (Phi) is 1.56. The number of carboxylic acids is 1. The highest BCUT2D eigenvalue weighted by Gasteiger charge is 2.33. The second kappa shape index (κ2) is 2.21. The maximum absolute atomic E-state index is 10.3. The molecule has 9 heavy (non-hydrogen) atoms. The molecule has 0 radical (unpaired) electrons. The lowest BCUT2D eigenvalue weighted by Gasteiger charge is -2.30. The summed E-state index contributed by atoms with van der Waals surface area (Å²) in [6.45, 7) is 3.55. The van der Waals surface area contributed by atoms with Crippen LogP contribution >= 0.6 is 0 Å². The normalized spacial score (nSPS) is 32.9. The van der Waals surface area contributed by atoms with Crippen molar-refractivity contribution in [2.75, 3.05) is 0 Å². The first-order valence-electron chi connectivity index (χ1n) is 3.11. The predicted molar refractivity (Wildman–Crippen MR) is 34.0 cm³/mol. The first-order chi connectivity index (χ1) is 4.25. The van der Waals surface area contributed by atoms with Crippen LogP contribution in [0.1, 0.15) is 12.8 Å². The number of carboxylic acid groups (broad SMARTS) is 1. The summed E-state index contributed by atoms with van der Waals surface area (Å²) in [4.78, 5) is 10.3. The lowest BCUT2D eigenvalue weighted by atomic mass is 9.74. The second-order valence-corrected chi connectivity index (χ2v) is 2.42. The Morgan fingerprint density at radius 2 is 2.33 bits per heavy atom. The van der Waals surface area contributed by atoms with Gasteiger partial charge in [0, 0.05) is 0 Å². The van der Waals surface area contributed by atoms with Gasteiger partial charge in [-0.25, -0.2) is 0 Å². The average Bonchev–Trinajstić information content (AvgIpc) is 1.61. The molecule has 1 aliphatic rings. The third-order valence-corrected chi connectivity index (χ3v) is 1.95. The van der Waals surface area contributed by atoms with Crippen LogP contribution < -0.4 is 0 Å². The first kappa shape index (κ1) is 6.33. The zero-order valence-electron chi connectivity index (χ0n) is 5.21. The maximum atomic E-state index is 10.3. The predicted octanol–water partition coefficient (Wildman–Crippen LogP) is 1.28. The Balaban J connectivity index is 2.44. The van der Waals surface area contributed by atoms with E-state index in [0.29, 0.717) is 0 Å². The molecule has 1 saturated carbocycles. The summed E-state index contributed by atoms with van der Waals surface area (Å²) < 4.78 is 0. The number of allylic oxidation sites excluding steroid dienone is 1. The fourth-order valence-electron chi connectivity index (χ4n) is 1.11. The van der Waals surface area contributed by atoms with Crippen LogP contribution in [0.2, 0.25) is 0 Å². The maximum Gasteiger partial charge on any atom is 0.307 e. The molecule has 50 valence electrons. The van der Waals surface area contributed by atoms with Crippen molar-refractivity contribution in [3.63, 3.8) is 0 Å². The van der Waals surface area contributed by atoms with Gasteiger partial charge in [0.15, 0.2) is 0 Å².